The van der Waals surface area contributed by atoms with Gasteiger partial charge in [0.1, 0.15) is 5.75 Å². The summed E-state index contributed by atoms with van der Waals surface area (Å²) in [6.07, 6.45) is 3.41. The molecule has 6 heteroatoms. The number of benzene rings is 1. The first-order chi connectivity index (χ1) is 13.2. The Morgan fingerprint density at radius 2 is 1.89 bits per heavy atom. The Kier molecular flexibility index (Phi) is 5.16. The highest BCUT2D eigenvalue weighted by Gasteiger charge is 2.30. The van der Waals surface area contributed by atoms with E-state index in [1.54, 1.807) is 19.2 Å². The van der Waals surface area contributed by atoms with Crippen LogP contribution in [0.15, 0.2) is 29.1 Å². The Morgan fingerprint density at radius 3 is 2.59 bits per heavy atom. The van der Waals surface area contributed by atoms with E-state index in [1.165, 1.54) is 0 Å². The zero-order chi connectivity index (χ0) is 18.8. The quantitative estimate of drug-likeness (QED) is 0.902. The van der Waals surface area contributed by atoms with Gasteiger partial charge in [-0.1, -0.05) is 0 Å². The third-order valence-corrected chi connectivity index (χ3v) is 5.89. The van der Waals surface area contributed by atoms with E-state index < -0.39 is 0 Å². The number of carbonyl (C=O) groups excluding carboxylic acids is 1. The van der Waals surface area contributed by atoms with Gasteiger partial charge in [0, 0.05) is 49.2 Å². The smallest absolute Gasteiger partial charge is 0.256 e. The molecule has 1 aromatic carbocycles. The van der Waals surface area contributed by atoms with Crippen LogP contribution in [0.1, 0.15) is 37.3 Å². The van der Waals surface area contributed by atoms with E-state index in [0.717, 1.165) is 55.6 Å². The van der Waals surface area contributed by atoms with Crippen molar-refractivity contribution in [1.29, 1.82) is 0 Å². The molecule has 2 aromatic rings. The predicted octanol–water partition coefficient (Wildman–Crippen LogP) is 2.67. The summed E-state index contributed by atoms with van der Waals surface area (Å²) in [6, 6.07) is 7.56. The number of nitrogens with one attached hydrogen (secondary N) is 1. The lowest BCUT2D eigenvalue weighted by Crippen LogP contribution is -2.43. The van der Waals surface area contributed by atoms with Crippen molar-refractivity contribution >= 4 is 16.7 Å². The lowest BCUT2D eigenvalue weighted by atomic mass is 9.90. The number of pyridine rings is 1. The van der Waals surface area contributed by atoms with Crippen molar-refractivity contribution in [3.8, 4) is 5.75 Å². The fourth-order valence-electron chi connectivity index (χ4n) is 4.23. The van der Waals surface area contributed by atoms with Gasteiger partial charge in [-0.2, -0.15) is 0 Å². The molecule has 27 heavy (non-hydrogen) atoms. The van der Waals surface area contributed by atoms with E-state index in [9.17, 15) is 9.59 Å². The summed E-state index contributed by atoms with van der Waals surface area (Å²) in [5, 5.41) is 1.57. The molecule has 0 radical (unpaired) electrons. The summed E-state index contributed by atoms with van der Waals surface area (Å²) in [5.41, 5.74) is 0.893. The minimum atomic E-state index is -0.0640. The fraction of sp³-hybridized carbons (Fsp3) is 0.524. The Bertz CT molecular complexity index is 877. The zero-order valence-corrected chi connectivity index (χ0v) is 15.7. The van der Waals surface area contributed by atoms with Crippen LogP contribution in [-0.4, -0.2) is 49.2 Å². The molecule has 0 bridgehead atoms. The SMILES string of the molecule is COc1ccc2c(=O)[nH]c(C3CCN(C(=O)C4CCOCC4)CC3)cc2c1. The van der Waals surface area contributed by atoms with Crippen molar-refractivity contribution in [2.45, 2.75) is 31.6 Å². The van der Waals surface area contributed by atoms with Gasteiger partial charge in [0.05, 0.1) is 7.11 Å². The molecule has 3 heterocycles. The number of aromatic nitrogens is 1. The summed E-state index contributed by atoms with van der Waals surface area (Å²) >= 11 is 0. The summed E-state index contributed by atoms with van der Waals surface area (Å²) in [4.78, 5) is 30.2. The van der Waals surface area contributed by atoms with Gasteiger partial charge >= 0.3 is 0 Å². The van der Waals surface area contributed by atoms with Crippen LogP contribution >= 0.6 is 0 Å². The van der Waals surface area contributed by atoms with Gasteiger partial charge in [-0.3, -0.25) is 9.59 Å². The molecule has 1 aromatic heterocycles. The van der Waals surface area contributed by atoms with Crippen molar-refractivity contribution in [3.63, 3.8) is 0 Å². The number of amides is 1. The first-order valence-corrected chi connectivity index (χ1v) is 9.73. The molecule has 1 amide bonds. The number of piperidine rings is 1. The average molecular weight is 370 g/mol. The molecular formula is C21H26N2O4. The summed E-state index contributed by atoms with van der Waals surface area (Å²) in [7, 11) is 1.63. The summed E-state index contributed by atoms with van der Waals surface area (Å²) in [5.74, 6) is 1.40. The third-order valence-electron chi connectivity index (χ3n) is 5.89. The molecule has 1 N–H and O–H groups in total. The van der Waals surface area contributed by atoms with Gasteiger partial charge < -0.3 is 19.4 Å². The monoisotopic (exact) mass is 370 g/mol. The Labute approximate surface area is 158 Å². The Hall–Kier alpha value is -2.34. The number of hydrogen-bond donors (Lipinski definition) is 1. The van der Waals surface area contributed by atoms with Crippen LogP contribution in [0.4, 0.5) is 0 Å². The van der Waals surface area contributed by atoms with Gasteiger partial charge in [0.25, 0.3) is 5.56 Å². The van der Waals surface area contributed by atoms with Gasteiger partial charge in [-0.25, -0.2) is 0 Å². The average Bonchev–Trinajstić information content (AvgIpc) is 2.73. The number of ether oxygens (including phenoxy) is 2. The highest BCUT2D eigenvalue weighted by atomic mass is 16.5. The van der Waals surface area contributed by atoms with Crippen LogP contribution in [0.3, 0.4) is 0 Å². The van der Waals surface area contributed by atoms with E-state index in [1.807, 2.05) is 11.0 Å². The van der Waals surface area contributed by atoms with Crippen LogP contribution in [0.5, 0.6) is 5.75 Å². The number of rotatable bonds is 3. The van der Waals surface area contributed by atoms with Gasteiger partial charge in [-0.05, 0) is 55.3 Å². The van der Waals surface area contributed by atoms with Crippen LogP contribution < -0.4 is 10.3 Å². The predicted molar refractivity (Wildman–Crippen MR) is 103 cm³/mol. The molecule has 0 atom stereocenters. The van der Waals surface area contributed by atoms with Crippen molar-refractivity contribution in [3.05, 3.63) is 40.3 Å². The number of aromatic amines is 1. The third kappa shape index (κ3) is 3.72. The molecule has 0 aliphatic carbocycles. The standard InChI is InChI=1S/C21H26N2O4/c1-26-17-2-3-18-16(12-17)13-19(22-20(18)24)14-4-8-23(9-5-14)21(25)15-6-10-27-11-7-15/h2-3,12-15H,4-11H2,1H3,(H,22,24). The van der Waals surface area contributed by atoms with E-state index in [-0.39, 0.29) is 23.3 Å². The number of nitrogens with zero attached hydrogens (tertiary/aromatic N) is 1. The second-order valence-corrected chi connectivity index (χ2v) is 7.49. The minimum Gasteiger partial charge on any atom is -0.497 e. The number of carbonyl (C=O) groups is 1. The summed E-state index contributed by atoms with van der Waals surface area (Å²) in [6.45, 7) is 2.88. The van der Waals surface area contributed by atoms with Gasteiger partial charge in [-0.15, -0.1) is 0 Å². The first kappa shape index (κ1) is 18.0. The van der Waals surface area contributed by atoms with Crippen LogP contribution in [-0.2, 0) is 9.53 Å². The Balaban J connectivity index is 1.47. The molecule has 2 saturated heterocycles. The number of fused-ring (bicyclic) bond motifs is 1. The number of H-pyrrole nitrogens is 1. The highest BCUT2D eigenvalue weighted by molar-refractivity contribution is 5.83. The largest absolute Gasteiger partial charge is 0.497 e. The van der Waals surface area contributed by atoms with Crippen LogP contribution in [0.25, 0.3) is 10.8 Å². The normalized spacial score (nSPS) is 19.4. The lowest BCUT2D eigenvalue weighted by molar-refractivity contribution is -0.139. The maximum atomic E-state index is 12.7. The molecule has 2 aliphatic rings. The van der Waals surface area contributed by atoms with Crippen molar-refractivity contribution in [1.82, 2.24) is 9.88 Å². The highest BCUT2D eigenvalue weighted by Crippen LogP contribution is 2.30. The van der Waals surface area contributed by atoms with Crippen LogP contribution in [0, 0.1) is 5.92 Å². The molecule has 4 rings (SSSR count). The maximum absolute atomic E-state index is 12.7. The number of likely N-dealkylation sites (tertiary alicyclic amines) is 1. The molecule has 0 saturated carbocycles. The first-order valence-electron chi connectivity index (χ1n) is 9.73. The molecule has 144 valence electrons. The van der Waals surface area contributed by atoms with E-state index >= 15 is 0 Å². The zero-order valence-electron chi connectivity index (χ0n) is 15.7. The van der Waals surface area contributed by atoms with Gasteiger partial charge in [0.2, 0.25) is 5.91 Å². The molecule has 6 nitrogen and oxygen atoms in total. The van der Waals surface area contributed by atoms with Crippen LogP contribution in [0.2, 0.25) is 0 Å². The summed E-state index contributed by atoms with van der Waals surface area (Å²) < 4.78 is 10.6. The molecule has 2 fully saturated rings. The number of hydrogen-bond acceptors (Lipinski definition) is 4. The van der Waals surface area contributed by atoms with Crippen molar-refractivity contribution in [2.75, 3.05) is 33.4 Å². The molecular weight excluding hydrogens is 344 g/mol. The van der Waals surface area contributed by atoms with E-state index in [2.05, 4.69) is 11.1 Å². The van der Waals surface area contributed by atoms with Gasteiger partial charge in [0.15, 0.2) is 0 Å². The van der Waals surface area contributed by atoms with Crippen molar-refractivity contribution < 1.29 is 14.3 Å². The van der Waals surface area contributed by atoms with Crippen molar-refractivity contribution in [2.24, 2.45) is 5.92 Å². The maximum Gasteiger partial charge on any atom is 0.256 e. The second-order valence-electron chi connectivity index (χ2n) is 7.49. The molecule has 0 spiro atoms. The number of methoxy groups -OCH3 is 1. The lowest BCUT2D eigenvalue weighted by Gasteiger charge is -2.35. The fourth-order valence-corrected chi connectivity index (χ4v) is 4.23. The molecule has 2 aliphatic heterocycles. The van der Waals surface area contributed by atoms with E-state index in [4.69, 9.17) is 9.47 Å². The molecule has 0 unspecified atom stereocenters. The Morgan fingerprint density at radius 1 is 1.15 bits per heavy atom. The minimum absolute atomic E-state index is 0.0640. The topological polar surface area (TPSA) is 71.6 Å². The second kappa shape index (κ2) is 7.72. The van der Waals surface area contributed by atoms with E-state index in [0.29, 0.717) is 18.6 Å².